The quantitative estimate of drug-likeness (QED) is 0.824. The van der Waals surface area contributed by atoms with E-state index < -0.39 is 0 Å². The fourth-order valence-electron chi connectivity index (χ4n) is 1.17. The van der Waals surface area contributed by atoms with Crippen LogP contribution in [0.4, 0.5) is 0 Å². The van der Waals surface area contributed by atoms with Gasteiger partial charge in [-0.25, -0.2) is 0 Å². The lowest BCUT2D eigenvalue weighted by Gasteiger charge is -2.13. The van der Waals surface area contributed by atoms with Crippen molar-refractivity contribution in [2.45, 2.75) is 37.9 Å². The van der Waals surface area contributed by atoms with Gasteiger partial charge in [0.2, 0.25) is 0 Å². The summed E-state index contributed by atoms with van der Waals surface area (Å²) in [6.45, 7) is 6.01. The van der Waals surface area contributed by atoms with Crippen molar-refractivity contribution in [3.63, 3.8) is 0 Å². The molecule has 0 spiro atoms. The van der Waals surface area contributed by atoms with Crippen molar-refractivity contribution in [1.82, 2.24) is 0 Å². The van der Waals surface area contributed by atoms with Crippen molar-refractivity contribution in [2.75, 3.05) is 0 Å². The molecule has 1 aromatic carbocycles. The number of aryl methyl sites for hydroxylation is 1. The van der Waals surface area contributed by atoms with Gasteiger partial charge in [-0.1, -0.05) is 36.8 Å². The van der Waals surface area contributed by atoms with Gasteiger partial charge >= 0.3 is 0 Å². The first-order valence-electron chi connectivity index (χ1n) is 4.95. The molecule has 0 heterocycles. The maximum atomic E-state index is 9.33. The highest BCUT2D eigenvalue weighted by Gasteiger charge is 2.08. The Morgan fingerprint density at radius 3 is 2.64 bits per heavy atom. The van der Waals surface area contributed by atoms with Gasteiger partial charge in [0, 0.05) is 11.0 Å². The van der Waals surface area contributed by atoms with Crippen LogP contribution in [0.1, 0.15) is 25.0 Å². The third-order valence-corrected chi connectivity index (χ3v) is 3.69. The highest BCUT2D eigenvalue weighted by molar-refractivity contribution is 7.99. The van der Waals surface area contributed by atoms with Crippen LogP contribution in [-0.4, -0.2) is 16.5 Å². The van der Waals surface area contributed by atoms with Gasteiger partial charge in [-0.15, -0.1) is 0 Å². The zero-order valence-electron chi connectivity index (χ0n) is 9.03. The van der Waals surface area contributed by atoms with Crippen LogP contribution in [0.5, 0.6) is 0 Å². The zero-order valence-corrected chi connectivity index (χ0v) is 9.84. The van der Waals surface area contributed by atoms with E-state index in [-0.39, 0.29) is 6.10 Å². The maximum absolute atomic E-state index is 9.33. The van der Waals surface area contributed by atoms with Gasteiger partial charge in [0.1, 0.15) is 0 Å². The van der Waals surface area contributed by atoms with E-state index in [9.17, 15) is 5.11 Å². The Hall–Kier alpha value is -0.470. The molecule has 0 fully saturated rings. The Morgan fingerprint density at radius 2 is 2.07 bits per heavy atom. The number of aliphatic hydroxyl groups is 1. The van der Waals surface area contributed by atoms with Crippen LogP contribution in [0.2, 0.25) is 0 Å². The molecule has 2 unspecified atom stereocenters. The number of thioether (sulfide) groups is 1. The van der Waals surface area contributed by atoms with Gasteiger partial charge in [0.25, 0.3) is 0 Å². The highest BCUT2D eigenvalue weighted by atomic mass is 32.2. The predicted molar refractivity (Wildman–Crippen MR) is 63.6 cm³/mol. The molecule has 1 N–H and O–H groups in total. The van der Waals surface area contributed by atoms with Crippen LogP contribution >= 0.6 is 11.8 Å². The second-order valence-corrected chi connectivity index (χ2v) is 5.11. The van der Waals surface area contributed by atoms with Gasteiger partial charge in [-0.05, 0) is 19.4 Å². The first-order valence-corrected chi connectivity index (χ1v) is 5.99. The van der Waals surface area contributed by atoms with Crippen molar-refractivity contribution in [2.24, 2.45) is 0 Å². The van der Waals surface area contributed by atoms with E-state index >= 15 is 0 Å². The standard InChI is InChI=1S/C12H18OS/c1-9-5-4-6-12(7-9)8-14-11(3)10(2)13/h4-7,10-11,13H,8H2,1-3H3. The average Bonchev–Trinajstić information content (AvgIpc) is 2.14. The topological polar surface area (TPSA) is 20.2 Å². The SMILES string of the molecule is Cc1cccc(CSC(C)C(C)O)c1. The number of benzene rings is 1. The lowest BCUT2D eigenvalue weighted by atomic mass is 10.2. The van der Waals surface area contributed by atoms with Gasteiger partial charge in [-0.3, -0.25) is 0 Å². The average molecular weight is 210 g/mol. The largest absolute Gasteiger partial charge is 0.392 e. The van der Waals surface area contributed by atoms with E-state index in [2.05, 4.69) is 38.1 Å². The van der Waals surface area contributed by atoms with E-state index in [1.165, 1.54) is 11.1 Å². The summed E-state index contributed by atoms with van der Waals surface area (Å²) in [7, 11) is 0. The smallest absolute Gasteiger partial charge is 0.0628 e. The molecular formula is C12H18OS. The molecule has 2 atom stereocenters. The third kappa shape index (κ3) is 3.72. The van der Waals surface area contributed by atoms with Crippen LogP contribution in [0.15, 0.2) is 24.3 Å². The summed E-state index contributed by atoms with van der Waals surface area (Å²) in [5.74, 6) is 0.980. The lowest BCUT2D eigenvalue weighted by Crippen LogP contribution is -2.15. The van der Waals surface area contributed by atoms with Crippen molar-refractivity contribution < 1.29 is 5.11 Å². The molecule has 0 saturated heterocycles. The minimum Gasteiger partial charge on any atom is -0.392 e. The Balaban J connectivity index is 2.45. The second kappa shape index (κ2) is 5.42. The fourth-order valence-corrected chi connectivity index (χ4v) is 2.08. The molecule has 0 aromatic heterocycles. The van der Waals surface area contributed by atoms with Crippen LogP contribution in [0, 0.1) is 6.92 Å². The lowest BCUT2D eigenvalue weighted by molar-refractivity contribution is 0.196. The van der Waals surface area contributed by atoms with E-state index in [0.717, 1.165) is 5.75 Å². The van der Waals surface area contributed by atoms with E-state index in [4.69, 9.17) is 0 Å². The molecule has 0 bridgehead atoms. The van der Waals surface area contributed by atoms with Crippen LogP contribution in [0.25, 0.3) is 0 Å². The van der Waals surface area contributed by atoms with Crippen molar-refractivity contribution in [3.05, 3.63) is 35.4 Å². The van der Waals surface area contributed by atoms with E-state index in [1.807, 2.05) is 6.92 Å². The van der Waals surface area contributed by atoms with Crippen molar-refractivity contribution >= 4 is 11.8 Å². The minimum atomic E-state index is -0.232. The second-order valence-electron chi connectivity index (χ2n) is 3.75. The number of aliphatic hydroxyl groups excluding tert-OH is 1. The van der Waals surface area contributed by atoms with Crippen molar-refractivity contribution in [1.29, 1.82) is 0 Å². The summed E-state index contributed by atoms with van der Waals surface area (Å²) in [5, 5.41) is 9.63. The summed E-state index contributed by atoms with van der Waals surface area (Å²) in [4.78, 5) is 0. The minimum absolute atomic E-state index is 0.232. The predicted octanol–water partition coefficient (Wildman–Crippen LogP) is 3.00. The molecule has 0 radical (unpaired) electrons. The normalized spacial score (nSPS) is 15.1. The monoisotopic (exact) mass is 210 g/mol. The van der Waals surface area contributed by atoms with E-state index in [1.54, 1.807) is 11.8 Å². The van der Waals surface area contributed by atoms with Gasteiger partial charge in [0.15, 0.2) is 0 Å². The Bertz CT molecular complexity index is 283. The van der Waals surface area contributed by atoms with Crippen molar-refractivity contribution in [3.8, 4) is 0 Å². The number of hydrogen-bond donors (Lipinski definition) is 1. The molecule has 0 aliphatic heterocycles. The Kier molecular flexibility index (Phi) is 4.49. The van der Waals surface area contributed by atoms with E-state index in [0.29, 0.717) is 5.25 Å². The molecule has 2 heteroatoms. The van der Waals surface area contributed by atoms with Crippen LogP contribution in [-0.2, 0) is 5.75 Å². The molecule has 0 aliphatic carbocycles. The number of hydrogen-bond acceptors (Lipinski definition) is 2. The highest BCUT2D eigenvalue weighted by Crippen LogP contribution is 2.20. The first-order chi connectivity index (χ1) is 6.59. The van der Waals surface area contributed by atoms with Gasteiger partial charge in [0.05, 0.1) is 6.10 Å². The summed E-state index contributed by atoms with van der Waals surface area (Å²) < 4.78 is 0. The molecule has 78 valence electrons. The molecule has 1 nitrogen and oxygen atoms in total. The number of rotatable bonds is 4. The maximum Gasteiger partial charge on any atom is 0.0628 e. The van der Waals surface area contributed by atoms with Crippen LogP contribution in [0.3, 0.4) is 0 Å². The molecule has 14 heavy (non-hydrogen) atoms. The van der Waals surface area contributed by atoms with Crippen LogP contribution < -0.4 is 0 Å². The fraction of sp³-hybridized carbons (Fsp3) is 0.500. The molecule has 0 saturated carbocycles. The third-order valence-electron chi connectivity index (χ3n) is 2.27. The molecule has 0 amide bonds. The molecule has 1 aromatic rings. The summed E-state index contributed by atoms with van der Waals surface area (Å²) in [6, 6.07) is 8.51. The first kappa shape index (κ1) is 11.6. The Morgan fingerprint density at radius 1 is 1.36 bits per heavy atom. The summed E-state index contributed by atoms with van der Waals surface area (Å²) >= 11 is 1.80. The summed E-state index contributed by atoms with van der Waals surface area (Å²) in [6.07, 6.45) is -0.232. The zero-order chi connectivity index (χ0) is 10.6. The summed E-state index contributed by atoms with van der Waals surface area (Å²) in [5.41, 5.74) is 2.63. The molecular weight excluding hydrogens is 192 g/mol. The van der Waals surface area contributed by atoms with Gasteiger partial charge in [-0.2, -0.15) is 11.8 Å². The van der Waals surface area contributed by atoms with Gasteiger partial charge < -0.3 is 5.11 Å². The molecule has 1 rings (SSSR count). The molecule has 0 aliphatic rings. The Labute approximate surface area is 90.5 Å².